The zero-order valence-electron chi connectivity index (χ0n) is 13.9. The van der Waals surface area contributed by atoms with Crippen molar-refractivity contribution in [2.75, 3.05) is 11.1 Å². The smallest absolute Gasteiger partial charge is 0.142 e. The number of nitrogens with two attached hydrogens (primary N) is 1. The first-order valence-electron chi connectivity index (χ1n) is 7.74. The van der Waals surface area contributed by atoms with Gasteiger partial charge >= 0.3 is 0 Å². The highest BCUT2D eigenvalue weighted by Crippen LogP contribution is 2.34. The zero-order chi connectivity index (χ0) is 19.8. The third-order valence-electron chi connectivity index (χ3n) is 3.81. The van der Waals surface area contributed by atoms with Gasteiger partial charge in [0, 0.05) is 12.3 Å². The first-order valence-corrected chi connectivity index (χ1v) is 8.87. The molecule has 0 radical (unpaired) electrons. The van der Waals surface area contributed by atoms with Crippen LogP contribution in [0.25, 0.3) is 16.6 Å². The molecule has 0 bridgehead atoms. The summed E-state index contributed by atoms with van der Waals surface area (Å²) in [5, 5.41) is 18.1. The van der Waals surface area contributed by atoms with Gasteiger partial charge in [0.15, 0.2) is 0 Å². The molecule has 3 aromatic heterocycles. The van der Waals surface area contributed by atoms with E-state index in [2.05, 4.69) is 25.4 Å². The van der Waals surface area contributed by atoms with Gasteiger partial charge in [-0.15, -0.1) is 0 Å². The van der Waals surface area contributed by atoms with Gasteiger partial charge in [-0.25, -0.2) is 19.6 Å². The molecule has 4 rings (SSSR count). The third kappa shape index (κ3) is 3.27. The number of nitrogen functional groups attached to an aromatic ring is 1. The minimum Gasteiger partial charge on any atom is -0.384 e. The monoisotopic (exact) mass is 430 g/mol. The molecule has 0 amide bonds. The molecule has 0 fully saturated rings. The lowest BCUT2D eigenvalue weighted by atomic mass is 10.2. The van der Waals surface area contributed by atoms with Gasteiger partial charge in [0.1, 0.15) is 35.0 Å². The van der Waals surface area contributed by atoms with Crippen LogP contribution in [0.2, 0.25) is 15.1 Å². The lowest BCUT2D eigenvalue weighted by Crippen LogP contribution is -1.99. The second kappa shape index (κ2) is 7.13. The van der Waals surface area contributed by atoms with E-state index in [1.165, 1.54) is 29.3 Å². The molecule has 1 aromatic carbocycles. The molecule has 0 aliphatic carbocycles. The fourth-order valence-electron chi connectivity index (χ4n) is 2.60. The van der Waals surface area contributed by atoms with E-state index in [4.69, 9.17) is 45.8 Å². The predicted octanol–water partition coefficient (Wildman–Crippen LogP) is 4.37. The minimum absolute atomic E-state index is 0.277. The summed E-state index contributed by atoms with van der Waals surface area (Å²) in [6, 6.07) is 6.60. The van der Waals surface area contributed by atoms with Gasteiger partial charge in [0.05, 0.1) is 38.3 Å². The molecular formula is C17H9Cl3N8. The molecule has 0 atom stereocenters. The number of hydrogen-bond acceptors (Lipinski definition) is 7. The first-order chi connectivity index (χ1) is 13.5. The van der Waals surface area contributed by atoms with E-state index in [0.29, 0.717) is 44.6 Å². The molecule has 11 heteroatoms. The normalized spacial score (nSPS) is 10.8. The van der Waals surface area contributed by atoms with Crippen molar-refractivity contribution in [1.29, 1.82) is 5.26 Å². The Labute approximate surface area is 173 Å². The van der Waals surface area contributed by atoms with Crippen LogP contribution in [0.5, 0.6) is 0 Å². The van der Waals surface area contributed by atoms with Crippen molar-refractivity contribution >= 4 is 63.2 Å². The zero-order valence-corrected chi connectivity index (χ0v) is 16.1. The molecule has 0 aliphatic rings. The summed E-state index contributed by atoms with van der Waals surface area (Å²) >= 11 is 18.9. The van der Waals surface area contributed by atoms with E-state index < -0.39 is 0 Å². The maximum absolute atomic E-state index is 9.05. The lowest BCUT2D eigenvalue weighted by Gasteiger charge is -2.07. The highest BCUT2D eigenvalue weighted by Gasteiger charge is 2.17. The number of nitriles is 1. The number of aromatic nitrogens is 5. The Morgan fingerprint density at radius 1 is 1.04 bits per heavy atom. The fourth-order valence-corrected chi connectivity index (χ4v) is 3.45. The van der Waals surface area contributed by atoms with E-state index in [9.17, 15) is 0 Å². The Hall–Kier alpha value is -3.12. The van der Waals surface area contributed by atoms with E-state index in [1.54, 1.807) is 12.3 Å². The molecule has 0 aliphatic heterocycles. The van der Waals surface area contributed by atoms with Crippen molar-refractivity contribution in [3.63, 3.8) is 0 Å². The van der Waals surface area contributed by atoms with E-state index >= 15 is 0 Å². The van der Waals surface area contributed by atoms with Gasteiger partial charge in [0.2, 0.25) is 0 Å². The van der Waals surface area contributed by atoms with E-state index in [0.717, 1.165) is 0 Å². The molecule has 0 spiro atoms. The summed E-state index contributed by atoms with van der Waals surface area (Å²) in [5.74, 6) is 1.24. The van der Waals surface area contributed by atoms with Crippen LogP contribution in [0.15, 0.2) is 36.9 Å². The van der Waals surface area contributed by atoms with Crippen molar-refractivity contribution in [1.82, 2.24) is 24.7 Å². The van der Waals surface area contributed by atoms with Crippen molar-refractivity contribution in [2.45, 2.75) is 0 Å². The maximum atomic E-state index is 9.05. The molecule has 28 heavy (non-hydrogen) atoms. The standard InChI is InChI=1S/C17H9Cl3N8/c18-10-1-8(4-21)2-11(19)16(10)28-6-9-15(27-28)12(20)5-23-17(9)26-14-3-13(22)24-7-25-14/h1-3,5-7H,(H3,22,23,24,25,26). The molecule has 0 saturated heterocycles. The maximum Gasteiger partial charge on any atom is 0.142 e. The number of fused-ring (bicyclic) bond motifs is 1. The first kappa shape index (κ1) is 18.3. The second-order valence-corrected chi connectivity index (χ2v) is 6.87. The number of nitrogens with zero attached hydrogens (tertiary/aromatic N) is 6. The number of nitrogens with one attached hydrogen (secondary N) is 1. The minimum atomic E-state index is 0.277. The number of benzene rings is 1. The molecule has 0 saturated carbocycles. The Bertz CT molecular complexity index is 1240. The van der Waals surface area contributed by atoms with Crippen LogP contribution in [0.3, 0.4) is 0 Å². The highest BCUT2D eigenvalue weighted by molar-refractivity contribution is 6.38. The molecule has 4 aromatic rings. The summed E-state index contributed by atoms with van der Waals surface area (Å²) < 4.78 is 1.49. The Morgan fingerprint density at radius 3 is 2.46 bits per heavy atom. The van der Waals surface area contributed by atoms with E-state index in [1.807, 2.05) is 6.07 Å². The van der Waals surface area contributed by atoms with E-state index in [-0.39, 0.29) is 10.0 Å². The predicted molar refractivity (Wildman–Crippen MR) is 108 cm³/mol. The molecule has 3 N–H and O–H groups in total. The van der Waals surface area contributed by atoms with Gasteiger partial charge in [-0.3, -0.25) is 0 Å². The molecule has 8 nitrogen and oxygen atoms in total. The number of halogens is 3. The van der Waals surface area contributed by atoms with Crippen LogP contribution in [0.4, 0.5) is 17.5 Å². The summed E-state index contributed by atoms with van der Waals surface area (Å²) in [7, 11) is 0. The van der Waals surface area contributed by atoms with Crippen molar-refractivity contribution in [3.05, 3.63) is 57.6 Å². The number of rotatable bonds is 3. The Kier molecular flexibility index (Phi) is 4.65. The Balaban J connectivity index is 1.86. The third-order valence-corrected chi connectivity index (χ3v) is 4.67. The van der Waals surface area contributed by atoms with Crippen LogP contribution in [-0.2, 0) is 0 Å². The quantitative estimate of drug-likeness (QED) is 0.494. The topological polar surface area (TPSA) is 118 Å². The Morgan fingerprint density at radius 2 is 1.79 bits per heavy atom. The largest absolute Gasteiger partial charge is 0.384 e. The average molecular weight is 432 g/mol. The SMILES string of the molecule is N#Cc1cc(Cl)c(-n2cc3c(Nc4cc(N)ncn4)ncc(Cl)c3n2)c(Cl)c1. The fraction of sp³-hybridized carbons (Fsp3) is 0. The second-order valence-electron chi connectivity index (χ2n) is 5.64. The average Bonchev–Trinajstić information content (AvgIpc) is 3.09. The summed E-state index contributed by atoms with van der Waals surface area (Å²) in [5.41, 5.74) is 6.94. The summed E-state index contributed by atoms with van der Waals surface area (Å²) in [6.45, 7) is 0. The van der Waals surface area contributed by atoms with Crippen LogP contribution in [0, 0.1) is 11.3 Å². The number of hydrogen-bond donors (Lipinski definition) is 2. The number of pyridine rings is 1. The summed E-state index contributed by atoms with van der Waals surface area (Å²) in [6.07, 6.45) is 4.49. The number of anilines is 3. The molecule has 0 unspecified atom stereocenters. The van der Waals surface area contributed by atoms with Crippen molar-refractivity contribution in [2.24, 2.45) is 0 Å². The van der Waals surface area contributed by atoms with Gasteiger partial charge in [-0.05, 0) is 12.1 Å². The highest BCUT2D eigenvalue weighted by atomic mass is 35.5. The van der Waals surface area contributed by atoms with Crippen LogP contribution in [-0.4, -0.2) is 24.7 Å². The summed E-state index contributed by atoms with van der Waals surface area (Å²) in [4.78, 5) is 12.3. The molecular weight excluding hydrogens is 423 g/mol. The van der Waals surface area contributed by atoms with Crippen LogP contribution >= 0.6 is 34.8 Å². The molecule has 3 heterocycles. The van der Waals surface area contributed by atoms with Gasteiger partial charge in [-0.2, -0.15) is 10.4 Å². The van der Waals surface area contributed by atoms with Crippen LogP contribution < -0.4 is 11.1 Å². The molecule has 138 valence electrons. The van der Waals surface area contributed by atoms with Gasteiger partial charge in [0.25, 0.3) is 0 Å². The van der Waals surface area contributed by atoms with Gasteiger partial charge in [-0.1, -0.05) is 34.8 Å². The lowest BCUT2D eigenvalue weighted by molar-refractivity contribution is 0.896. The van der Waals surface area contributed by atoms with Gasteiger partial charge < -0.3 is 11.1 Å². The van der Waals surface area contributed by atoms with Crippen LogP contribution in [0.1, 0.15) is 5.56 Å². The van der Waals surface area contributed by atoms with Crippen molar-refractivity contribution < 1.29 is 0 Å². The van der Waals surface area contributed by atoms with Crippen molar-refractivity contribution in [3.8, 4) is 11.8 Å².